The Labute approximate surface area is 201 Å². The maximum Gasteiger partial charge on any atom is 0.251 e. The second kappa shape index (κ2) is 9.29. The van der Waals surface area contributed by atoms with Crippen LogP contribution < -0.4 is 20.4 Å². The summed E-state index contributed by atoms with van der Waals surface area (Å²) < 4.78 is 5.55. The second-order valence-corrected chi connectivity index (χ2v) is 9.70. The summed E-state index contributed by atoms with van der Waals surface area (Å²) in [7, 11) is 1.64. The van der Waals surface area contributed by atoms with Crippen molar-refractivity contribution in [3.05, 3.63) is 53.6 Å². The molecule has 2 aliphatic heterocycles. The van der Waals surface area contributed by atoms with Gasteiger partial charge in [-0.25, -0.2) is 0 Å². The number of amides is 2. The number of benzene rings is 2. The molecule has 1 saturated carbocycles. The van der Waals surface area contributed by atoms with Crippen LogP contribution in [0, 0.1) is 11.8 Å². The first kappa shape index (κ1) is 22.7. The molecule has 7 heteroatoms. The molecule has 180 valence electrons. The first-order chi connectivity index (χ1) is 16.5. The molecular formula is C27H34N4O3. The lowest BCUT2D eigenvalue weighted by Crippen LogP contribution is -2.51. The molecule has 0 radical (unpaired) electrons. The summed E-state index contributed by atoms with van der Waals surface area (Å²) >= 11 is 0. The molecule has 7 nitrogen and oxygen atoms in total. The third kappa shape index (κ3) is 4.25. The van der Waals surface area contributed by atoms with Crippen LogP contribution >= 0.6 is 0 Å². The van der Waals surface area contributed by atoms with Gasteiger partial charge in [-0.1, -0.05) is 6.92 Å². The van der Waals surface area contributed by atoms with E-state index in [1.807, 2.05) is 29.2 Å². The maximum absolute atomic E-state index is 12.9. The third-order valence-corrected chi connectivity index (χ3v) is 7.49. The molecule has 3 atom stereocenters. The zero-order valence-corrected chi connectivity index (χ0v) is 20.2. The van der Waals surface area contributed by atoms with Gasteiger partial charge in [0.25, 0.3) is 5.91 Å². The van der Waals surface area contributed by atoms with Crippen LogP contribution in [0.5, 0.6) is 0 Å². The number of morpholine rings is 1. The molecule has 0 aromatic heterocycles. The fourth-order valence-corrected chi connectivity index (χ4v) is 5.61. The molecule has 5 rings (SSSR count). The average molecular weight is 463 g/mol. The molecule has 34 heavy (non-hydrogen) atoms. The van der Waals surface area contributed by atoms with E-state index in [0.717, 1.165) is 43.2 Å². The highest BCUT2D eigenvalue weighted by Gasteiger charge is 2.47. The predicted octanol–water partition coefficient (Wildman–Crippen LogP) is 3.82. The van der Waals surface area contributed by atoms with Crippen LogP contribution in [0.3, 0.4) is 0 Å². The number of rotatable bonds is 5. The Hall–Kier alpha value is -3.06. The SMILES string of the molecule is CNC(=O)c1ccc(N[C@H]2c3cc(N4CCOCC4)ccc3N(C(C)=O)[C@H](C3CC3)[C@@H]2C)cc1. The summed E-state index contributed by atoms with van der Waals surface area (Å²) in [5, 5.41) is 6.43. The van der Waals surface area contributed by atoms with Gasteiger partial charge in [0.1, 0.15) is 0 Å². The maximum atomic E-state index is 12.9. The molecule has 2 aromatic carbocycles. The monoisotopic (exact) mass is 462 g/mol. The summed E-state index contributed by atoms with van der Waals surface area (Å²) in [4.78, 5) is 29.2. The Balaban J connectivity index is 1.53. The summed E-state index contributed by atoms with van der Waals surface area (Å²) in [6, 6.07) is 14.4. The van der Waals surface area contributed by atoms with Crippen molar-refractivity contribution in [3.63, 3.8) is 0 Å². The van der Waals surface area contributed by atoms with Crippen molar-refractivity contribution in [2.75, 3.05) is 48.5 Å². The lowest BCUT2D eigenvalue weighted by molar-refractivity contribution is -0.117. The van der Waals surface area contributed by atoms with Gasteiger partial charge in [0, 0.05) is 67.2 Å². The molecule has 2 heterocycles. The number of ether oxygens (including phenoxy) is 1. The van der Waals surface area contributed by atoms with Crippen LogP contribution in [0.2, 0.25) is 0 Å². The summed E-state index contributed by atoms with van der Waals surface area (Å²) in [5.41, 5.74) is 4.94. The number of nitrogens with zero attached hydrogens (tertiary/aromatic N) is 2. The number of nitrogens with one attached hydrogen (secondary N) is 2. The lowest BCUT2D eigenvalue weighted by Gasteiger charge is -2.46. The fraction of sp³-hybridized carbons (Fsp3) is 0.481. The number of fused-ring (bicyclic) bond motifs is 1. The standard InChI is InChI=1S/C27H34N4O3/c1-17-25(29-21-8-6-20(7-9-21)27(33)28-3)23-16-22(30-12-14-34-15-13-30)10-11-24(23)31(18(2)32)26(17)19-4-5-19/h6-11,16-17,19,25-26,29H,4-5,12-15H2,1-3H3,(H,28,33)/t17-,25-,26+/m1/s1. The molecule has 1 saturated heterocycles. The van der Waals surface area contributed by atoms with Crippen LogP contribution in [0.25, 0.3) is 0 Å². The summed E-state index contributed by atoms with van der Waals surface area (Å²) in [6.45, 7) is 7.15. The molecular weight excluding hydrogens is 428 g/mol. The van der Waals surface area contributed by atoms with E-state index in [1.54, 1.807) is 14.0 Å². The lowest BCUT2D eigenvalue weighted by atomic mass is 9.79. The van der Waals surface area contributed by atoms with Crippen LogP contribution in [0.15, 0.2) is 42.5 Å². The Kier molecular flexibility index (Phi) is 6.21. The minimum absolute atomic E-state index is 0.0584. The van der Waals surface area contributed by atoms with Crippen molar-refractivity contribution < 1.29 is 14.3 Å². The first-order valence-corrected chi connectivity index (χ1v) is 12.3. The highest BCUT2D eigenvalue weighted by molar-refractivity contribution is 5.95. The Morgan fingerprint density at radius 3 is 2.35 bits per heavy atom. The van der Waals surface area contributed by atoms with Crippen molar-refractivity contribution in [1.82, 2.24) is 5.32 Å². The van der Waals surface area contributed by atoms with E-state index in [9.17, 15) is 9.59 Å². The highest BCUT2D eigenvalue weighted by Crippen LogP contribution is 2.50. The van der Waals surface area contributed by atoms with Gasteiger partial charge in [0.15, 0.2) is 0 Å². The van der Waals surface area contributed by atoms with Gasteiger partial charge in [-0.3, -0.25) is 9.59 Å². The van der Waals surface area contributed by atoms with Crippen LogP contribution in [-0.2, 0) is 9.53 Å². The van der Waals surface area contributed by atoms with E-state index < -0.39 is 0 Å². The van der Waals surface area contributed by atoms with Gasteiger partial charge in [0.2, 0.25) is 5.91 Å². The molecule has 0 spiro atoms. The quantitative estimate of drug-likeness (QED) is 0.707. The van der Waals surface area contributed by atoms with E-state index in [2.05, 4.69) is 40.7 Å². The largest absolute Gasteiger partial charge is 0.378 e. The molecule has 3 aliphatic rings. The van der Waals surface area contributed by atoms with Gasteiger partial charge in [0.05, 0.1) is 19.3 Å². The third-order valence-electron chi connectivity index (χ3n) is 7.49. The molecule has 2 fully saturated rings. The van der Waals surface area contributed by atoms with E-state index in [1.165, 1.54) is 18.5 Å². The number of carbonyl (C=O) groups is 2. The smallest absolute Gasteiger partial charge is 0.251 e. The zero-order chi connectivity index (χ0) is 23.8. The van der Waals surface area contributed by atoms with E-state index >= 15 is 0 Å². The van der Waals surface area contributed by atoms with Crippen molar-refractivity contribution in [3.8, 4) is 0 Å². The van der Waals surface area contributed by atoms with Gasteiger partial charge in [-0.05, 0) is 61.2 Å². The summed E-state index contributed by atoms with van der Waals surface area (Å²) in [5.74, 6) is 0.801. The predicted molar refractivity (Wildman–Crippen MR) is 135 cm³/mol. The highest BCUT2D eigenvalue weighted by atomic mass is 16.5. The Bertz CT molecular complexity index is 1060. The topological polar surface area (TPSA) is 73.9 Å². The normalized spacial score (nSPS) is 24.4. The first-order valence-electron chi connectivity index (χ1n) is 12.3. The van der Waals surface area contributed by atoms with Crippen molar-refractivity contribution in [2.45, 2.75) is 38.8 Å². The summed E-state index contributed by atoms with van der Waals surface area (Å²) in [6.07, 6.45) is 2.35. The average Bonchev–Trinajstić information content (AvgIpc) is 3.70. The minimum Gasteiger partial charge on any atom is -0.378 e. The van der Waals surface area contributed by atoms with Crippen molar-refractivity contribution in [1.29, 1.82) is 0 Å². The Morgan fingerprint density at radius 1 is 1.03 bits per heavy atom. The molecule has 2 N–H and O–H groups in total. The molecule has 1 aliphatic carbocycles. The molecule has 0 bridgehead atoms. The Morgan fingerprint density at radius 2 is 1.74 bits per heavy atom. The van der Waals surface area contributed by atoms with Crippen molar-refractivity contribution in [2.24, 2.45) is 11.8 Å². The molecule has 2 amide bonds. The number of anilines is 3. The van der Waals surface area contributed by atoms with Gasteiger partial charge >= 0.3 is 0 Å². The number of carbonyl (C=O) groups excluding carboxylic acids is 2. The molecule has 0 unspecified atom stereocenters. The van der Waals surface area contributed by atoms with E-state index in [-0.39, 0.29) is 29.8 Å². The minimum atomic E-state index is -0.0935. The second-order valence-electron chi connectivity index (χ2n) is 9.70. The van der Waals surface area contributed by atoms with Crippen LogP contribution in [-0.4, -0.2) is 51.2 Å². The molecule has 2 aromatic rings. The van der Waals surface area contributed by atoms with Gasteiger partial charge in [-0.15, -0.1) is 0 Å². The van der Waals surface area contributed by atoms with Gasteiger partial charge < -0.3 is 25.2 Å². The van der Waals surface area contributed by atoms with Gasteiger partial charge in [-0.2, -0.15) is 0 Å². The van der Waals surface area contributed by atoms with Crippen molar-refractivity contribution >= 4 is 28.9 Å². The van der Waals surface area contributed by atoms with Crippen LogP contribution in [0.1, 0.15) is 48.7 Å². The number of hydrogen-bond donors (Lipinski definition) is 2. The number of hydrogen-bond acceptors (Lipinski definition) is 5. The van der Waals surface area contributed by atoms with Crippen LogP contribution in [0.4, 0.5) is 17.1 Å². The van der Waals surface area contributed by atoms with E-state index in [4.69, 9.17) is 4.74 Å². The van der Waals surface area contributed by atoms with E-state index in [0.29, 0.717) is 11.5 Å². The fourth-order valence-electron chi connectivity index (χ4n) is 5.61. The zero-order valence-electron chi connectivity index (χ0n) is 20.2.